The van der Waals surface area contributed by atoms with Crippen molar-refractivity contribution in [1.29, 1.82) is 0 Å². The van der Waals surface area contributed by atoms with E-state index in [1.807, 2.05) is 31.2 Å². The average Bonchev–Trinajstić information content (AvgIpc) is 2.53. The van der Waals surface area contributed by atoms with Crippen LogP contribution in [0.15, 0.2) is 24.3 Å². The minimum absolute atomic E-state index is 0.0246. The van der Waals surface area contributed by atoms with Crippen LogP contribution in [0.5, 0.6) is 0 Å². The molecular weight excluding hydrogens is 268 g/mol. The first kappa shape index (κ1) is 15.5. The first-order valence-corrected chi connectivity index (χ1v) is 7.38. The lowest BCUT2D eigenvalue weighted by Gasteiger charge is -2.35. The molecule has 1 N–H and O–H groups in total. The van der Waals surface area contributed by atoms with E-state index < -0.39 is 6.10 Å². The summed E-state index contributed by atoms with van der Waals surface area (Å²) >= 11 is 0. The molecule has 0 saturated carbocycles. The first-order valence-electron chi connectivity index (χ1n) is 7.38. The van der Waals surface area contributed by atoms with E-state index in [0.29, 0.717) is 26.2 Å². The van der Waals surface area contributed by atoms with Gasteiger partial charge < -0.3 is 14.9 Å². The number of benzene rings is 1. The van der Waals surface area contributed by atoms with Gasteiger partial charge in [0.25, 0.3) is 11.8 Å². The van der Waals surface area contributed by atoms with Gasteiger partial charge in [-0.2, -0.15) is 0 Å². The van der Waals surface area contributed by atoms with Gasteiger partial charge in [0.15, 0.2) is 0 Å². The van der Waals surface area contributed by atoms with Crippen molar-refractivity contribution < 1.29 is 14.7 Å². The van der Waals surface area contributed by atoms with Crippen LogP contribution in [0, 0.1) is 0 Å². The highest BCUT2D eigenvalue weighted by atomic mass is 16.3. The molecule has 1 aliphatic heterocycles. The first-order chi connectivity index (χ1) is 10.0. The quantitative estimate of drug-likeness (QED) is 0.900. The fourth-order valence-corrected chi connectivity index (χ4v) is 2.60. The summed E-state index contributed by atoms with van der Waals surface area (Å²) in [5, 5.41) is 9.32. The van der Waals surface area contributed by atoms with Crippen LogP contribution in [0.4, 0.5) is 0 Å². The highest BCUT2D eigenvalue weighted by Crippen LogP contribution is 2.14. The van der Waals surface area contributed by atoms with Crippen LogP contribution in [-0.2, 0) is 11.2 Å². The van der Waals surface area contributed by atoms with E-state index in [2.05, 4.69) is 0 Å². The summed E-state index contributed by atoms with van der Waals surface area (Å²) in [6.45, 7) is 5.47. The molecule has 1 fully saturated rings. The highest BCUT2D eigenvalue weighted by molar-refractivity contribution is 5.96. The largest absolute Gasteiger partial charge is 0.384 e. The van der Waals surface area contributed by atoms with Crippen molar-refractivity contribution in [2.75, 3.05) is 26.2 Å². The van der Waals surface area contributed by atoms with Crippen molar-refractivity contribution in [3.8, 4) is 0 Å². The zero-order valence-electron chi connectivity index (χ0n) is 12.6. The maximum atomic E-state index is 12.6. The lowest BCUT2D eigenvalue weighted by atomic mass is 10.0. The standard InChI is InChI=1S/C16H22N2O3/c1-3-13-6-4-5-7-14(13)16(21)18-10-8-17(9-11-18)15(20)12(2)19/h4-7,12,19H,3,8-11H2,1-2H3. The number of hydrogen-bond acceptors (Lipinski definition) is 3. The van der Waals surface area contributed by atoms with Gasteiger partial charge in [-0.15, -0.1) is 0 Å². The van der Waals surface area contributed by atoms with E-state index >= 15 is 0 Å². The average molecular weight is 290 g/mol. The number of nitrogens with zero attached hydrogens (tertiary/aromatic N) is 2. The number of piperazine rings is 1. The van der Waals surface area contributed by atoms with E-state index in [4.69, 9.17) is 0 Å². The van der Waals surface area contributed by atoms with Crippen LogP contribution in [0.2, 0.25) is 0 Å². The molecule has 2 rings (SSSR count). The molecule has 5 heteroatoms. The third kappa shape index (κ3) is 3.42. The molecule has 1 saturated heterocycles. The molecule has 2 amide bonds. The molecule has 0 radical (unpaired) electrons. The minimum Gasteiger partial charge on any atom is -0.384 e. The van der Waals surface area contributed by atoms with Gasteiger partial charge in [0, 0.05) is 31.7 Å². The van der Waals surface area contributed by atoms with Crippen molar-refractivity contribution in [3.63, 3.8) is 0 Å². The Labute approximate surface area is 125 Å². The second kappa shape index (κ2) is 6.72. The predicted octanol–water partition coefficient (Wildman–Crippen LogP) is 0.914. The van der Waals surface area contributed by atoms with Gasteiger partial charge in [-0.25, -0.2) is 0 Å². The molecule has 114 valence electrons. The maximum Gasteiger partial charge on any atom is 0.254 e. The predicted molar refractivity (Wildman–Crippen MR) is 80.0 cm³/mol. The van der Waals surface area contributed by atoms with Gasteiger partial charge >= 0.3 is 0 Å². The van der Waals surface area contributed by atoms with E-state index in [1.54, 1.807) is 9.80 Å². The maximum absolute atomic E-state index is 12.6. The van der Waals surface area contributed by atoms with Crippen molar-refractivity contribution in [3.05, 3.63) is 35.4 Å². The Hall–Kier alpha value is -1.88. The number of amides is 2. The zero-order valence-corrected chi connectivity index (χ0v) is 12.6. The fraction of sp³-hybridized carbons (Fsp3) is 0.500. The molecule has 0 aliphatic carbocycles. The molecule has 1 aromatic carbocycles. The Balaban J connectivity index is 2.02. The smallest absolute Gasteiger partial charge is 0.254 e. The summed E-state index contributed by atoms with van der Waals surface area (Å²) in [5.74, 6) is -0.243. The second-order valence-electron chi connectivity index (χ2n) is 5.30. The van der Waals surface area contributed by atoms with Crippen LogP contribution in [0.3, 0.4) is 0 Å². The van der Waals surface area contributed by atoms with E-state index in [1.165, 1.54) is 6.92 Å². The number of aryl methyl sites for hydroxylation is 1. The minimum atomic E-state index is -0.979. The van der Waals surface area contributed by atoms with Gasteiger partial charge in [-0.3, -0.25) is 9.59 Å². The van der Waals surface area contributed by atoms with Gasteiger partial charge in [0.05, 0.1) is 0 Å². The molecule has 0 bridgehead atoms. The topological polar surface area (TPSA) is 60.9 Å². The Bertz CT molecular complexity index is 520. The number of aliphatic hydroxyl groups is 1. The zero-order chi connectivity index (χ0) is 15.4. The van der Waals surface area contributed by atoms with Crippen molar-refractivity contribution in [2.45, 2.75) is 26.4 Å². The molecule has 1 atom stereocenters. The van der Waals surface area contributed by atoms with Gasteiger partial charge in [-0.1, -0.05) is 25.1 Å². The summed E-state index contributed by atoms with van der Waals surface area (Å²) in [6, 6.07) is 7.64. The van der Waals surface area contributed by atoms with Crippen molar-refractivity contribution in [2.24, 2.45) is 0 Å². The van der Waals surface area contributed by atoms with Gasteiger partial charge in [0.1, 0.15) is 6.10 Å². The molecule has 21 heavy (non-hydrogen) atoms. The number of aliphatic hydroxyl groups excluding tert-OH is 1. The Morgan fingerprint density at radius 1 is 1.14 bits per heavy atom. The number of carbonyl (C=O) groups excluding carboxylic acids is 2. The van der Waals surface area contributed by atoms with Crippen LogP contribution in [-0.4, -0.2) is 59.0 Å². The molecule has 1 heterocycles. The second-order valence-corrected chi connectivity index (χ2v) is 5.30. The van der Waals surface area contributed by atoms with Crippen LogP contribution in [0.25, 0.3) is 0 Å². The number of rotatable bonds is 3. The summed E-state index contributed by atoms with van der Waals surface area (Å²) in [5.41, 5.74) is 1.79. The summed E-state index contributed by atoms with van der Waals surface area (Å²) in [6.07, 6.45) is -0.157. The molecule has 0 aromatic heterocycles. The van der Waals surface area contributed by atoms with Gasteiger partial charge in [-0.05, 0) is 25.0 Å². The van der Waals surface area contributed by atoms with Crippen LogP contribution < -0.4 is 0 Å². The summed E-state index contributed by atoms with van der Waals surface area (Å²) < 4.78 is 0. The molecule has 5 nitrogen and oxygen atoms in total. The molecule has 1 aromatic rings. The van der Waals surface area contributed by atoms with E-state index in [9.17, 15) is 14.7 Å². The van der Waals surface area contributed by atoms with Crippen molar-refractivity contribution >= 4 is 11.8 Å². The lowest BCUT2D eigenvalue weighted by molar-refractivity contribution is -0.140. The third-order valence-corrected chi connectivity index (χ3v) is 3.86. The Morgan fingerprint density at radius 2 is 1.71 bits per heavy atom. The summed E-state index contributed by atoms with van der Waals surface area (Å²) in [7, 11) is 0. The molecular formula is C16H22N2O3. The fourth-order valence-electron chi connectivity index (χ4n) is 2.60. The Morgan fingerprint density at radius 3 is 2.29 bits per heavy atom. The SMILES string of the molecule is CCc1ccccc1C(=O)N1CCN(C(=O)C(C)O)CC1. The summed E-state index contributed by atoms with van der Waals surface area (Å²) in [4.78, 5) is 27.7. The molecule has 1 aliphatic rings. The van der Waals surface area contributed by atoms with E-state index in [-0.39, 0.29) is 11.8 Å². The number of carbonyl (C=O) groups is 2. The third-order valence-electron chi connectivity index (χ3n) is 3.86. The van der Waals surface area contributed by atoms with Gasteiger partial charge in [0.2, 0.25) is 0 Å². The molecule has 0 spiro atoms. The van der Waals surface area contributed by atoms with Crippen LogP contribution in [0.1, 0.15) is 29.8 Å². The monoisotopic (exact) mass is 290 g/mol. The van der Waals surface area contributed by atoms with E-state index in [0.717, 1.165) is 17.5 Å². The van der Waals surface area contributed by atoms with Crippen molar-refractivity contribution in [1.82, 2.24) is 9.80 Å². The lowest BCUT2D eigenvalue weighted by Crippen LogP contribution is -2.52. The Kier molecular flexibility index (Phi) is 4.96. The van der Waals surface area contributed by atoms with Crippen LogP contribution >= 0.6 is 0 Å². The number of hydrogen-bond donors (Lipinski definition) is 1. The highest BCUT2D eigenvalue weighted by Gasteiger charge is 2.27. The molecule has 1 unspecified atom stereocenters. The normalized spacial score (nSPS) is 16.7.